The first-order chi connectivity index (χ1) is 9.06. The van der Waals surface area contributed by atoms with Crippen LogP contribution in [-0.4, -0.2) is 34.1 Å². The Hall–Kier alpha value is -1.62. The zero-order valence-electron chi connectivity index (χ0n) is 10.6. The highest BCUT2D eigenvalue weighted by Gasteiger charge is 2.42. The van der Waals surface area contributed by atoms with E-state index in [1.807, 2.05) is 4.90 Å². The molecule has 0 aromatic heterocycles. The topological polar surface area (TPSA) is 66.6 Å². The first kappa shape index (κ1) is 12.4. The number of fused-ring (bicyclic) bond motifs is 2. The number of anilines is 1. The third-order valence-corrected chi connectivity index (χ3v) is 4.19. The molecule has 1 aromatic carbocycles. The number of aliphatic hydroxyl groups excluding tert-OH is 1. The summed E-state index contributed by atoms with van der Waals surface area (Å²) in [5, 5.41) is 9.73. The molecule has 0 spiro atoms. The predicted molar refractivity (Wildman–Crippen MR) is 69.0 cm³/mol. The van der Waals surface area contributed by atoms with Crippen LogP contribution in [-0.2, 0) is 0 Å². The van der Waals surface area contributed by atoms with E-state index >= 15 is 0 Å². The molecule has 3 N–H and O–H groups in total. The lowest BCUT2D eigenvalue weighted by Gasteiger charge is -2.37. The van der Waals surface area contributed by atoms with E-state index in [0.29, 0.717) is 18.4 Å². The molecule has 2 bridgehead atoms. The van der Waals surface area contributed by atoms with Gasteiger partial charge in [-0.1, -0.05) is 0 Å². The molecule has 102 valence electrons. The number of rotatable bonds is 1. The summed E-state index contributed by atoms with van der Waals surface area (Å²) in [5.41, 5.74) is 5.93. The quantitative estimate of drug-likeness (QED) is 0.756. The number of hydrogen-bond donors (Lipinski definition) is 2. The Morgan fingerprint density at radius 3 is 2.53 bits per heavy atom. The van der Waals surface area contributed by atoms with Gasteiger partial charge in [0, 0.05) is 17.6 Å². The van der Waals surface area contributed by atoms with E-state index in [2.05, 4.69) is 0 Å². The van der Waals surface area contributed by atoms with Crippen LogP contribution in [0.5, 0.6) is 0 Å². The average Bonchev–Trinajstić information content (AvgIpc) is 2.64. The summed E-state index contributed by atoms with van der Waals surface area (Å²) in [7, 11) is 0. The molecule has 1 aromatic rings. The monoisotopic (exact) mass is 264 g/mol. The number of hydrogen-bond acceptors (Lipinski definition) is 3. The van der Waals surface area contributed by atoms with Crippen LogP contribution in [0.3, 0.4) is 0 Å². The summed E-state index contributed by atoms with van der Waals surface area (Å²) in [5.74, 6) is -0.611. The van der Waals surface area contributed by atoms with Crippen molar-refractivity contribution in [3.63, 3.8) is 0 Å². The van der Waals surface area contributed by atoms with Crippen LogP contribution < -0.4 is 5.73 Å². The van der Waals surface area contributed by atoms with Crippen LogP contribution in [0.15, 0.2) is 18.2 Å². The van der Waals surface area contributed by atoms with Gasteiger partial charge in [-0.05, 0) is 43.9 Å². The molecular weight excluding hydrogens is 247 g/mol. The maximum atomic E-state index is 13.1. The second-order valence-electron chi connectivity index (χ2n) is 5.46. The number of nitrogens with zero attached hydrogens (tertiary/aromatic N) is 1. The molecule has 2 unspecified atom stereocenters. The summed E-state index contributed by atoms with van der Waals surface area (Å²) in [4.78, 5) is 14.3. The fraction of sp³-hybridized carbons (Fsp3) is 0.500. The highest BCUT2D eigenvalue weighted by atomic mass is 19.1. The molecule has 19 heavy (non-hydrogen) atoms. The van der Waals surface area contributed by atoms with Gasteiger partial charge in [-0.15, -0.1) is 0 Å². The lowest BCUT2D eigenvalue weighted by atomic mass is 9.98. The number of piperidine rings is 1. The third-order valence-electron chi connectivity index (χ3n) is 4.19. The van der Waals surface area contributed by atoms with Gasteiger partial charge in [-0.2, -0.15) is 0 Å². The SMILES string of the molecule is Nc1cc(C(=O)N2C3CCC2CC(O)C3)ccc1F. The van der Waals surface area contributed by atoms with Gasteiger partial charge in [0.2, 0.25) is 0 Å². The molecule has 2 heterocycles. The molecular formula is C14H17FN2O2. The Balaban J connectivity index is 1.86. The Bertz CT molecular complexity index is 506. The molecule has 2 saturated heterocycles. The number of amides is 1. The van der Waals surface area contributed by atoms with E-state index in [-0.39, 0.29) is 29.8 Å². The average molecular weight is 264 g/mol. The normalized spacial score (nSPS) is 29.6. The molecule has 2 aliphatic heterocycles. The van der Waals surface area contributed by atoms with Crippen molar-refractivity contribution >= 4 is 11.6 Å². The minimum Gasteiger partial charge on any atom is -0.396 e. The van der Waals surface area contributed by atoms with E-state index in [0.717, 1.165) is 12.8 Å². The smallest absolute Gasteiger partial charge is 0.254 e. The minimum absolute atomic E-state index is 0.00441. The van der Waals surface area contributed by atoms with Crippen LogP contribution in [0.1, 0.15) is 36.0 Å². The van der Waals surface area contributed by atoms with Gasteiger partial charge in [-0.25, -0.2) is 4.39 Å². The maximum absolute atomic E-state index is 13.1. The number of carbonyl (C=O) groups excluding carboxylic acids is 1. The zero-order valence-corrected chi connectivity index (χ0v) is 10.6. The molecule has 0 aliphatic carbocycles. The standard InChI is InChI=1S/C14H17FN2O2/c15-12-4-1-8(5-13(12)16)14(19)17-9-2-3-10(17)7-11(18)6-9/h1,4-5,9-11,18H,2-3,6-7,16H2. The van der Waals surface area contributed by atoms with E-state index in [1.54, 1.807) is 0 Å². The second kappa shape index (κ2) is 4.49. The third kappa shape index (κ3) is 2.08. The number of aliphatic hydroxyl groups is 1. The number of nitrogens with two attached hydrogens (primary N) is 1. The van der Waals surface area contributed by atoms with Crippen molar-refractivity contribution in [3.05, 3.63) is 29.6 Å². The number of nitrogen functional groups attached to an aromatic ring is 1. The Kier molecular flexibility index (Phi) is 2.93. The Morgan fingerprint density at radius 1 is 1.32 bits per heavy atom. The van der Waals surface area contributed by atoms with Crippen molar-refractivity contribution in [1.82, 2.24) is 4.90 Å². The Morgan fingerprint density at radius 2 is 1.95 bits per heavy atom. The molecule has 0 saturated carbocycles. The summed E-state index contributed by atoms with van der Waals surface area (Å²) in [6, 6.07) is 4.30. The van der Waals surface area contributed by atoms with Crippen LogP contribution >= 0.6 is 0 Å². The number of carbonyl (C=O) groups is 1. The van der Waals surface area contributed by atoms with Crippen LogP contribution in [0, 0.1) is 5.82 Å². The fourth-order valence-electron chi connectivity index (χ4n) is 3.31. The van der Waals surface area contributed by atoms with Crippen molar-refractivity contribution in [3.8, 4) is 0 Å². The highest BCUT2D eigenvalue weighted by molar-refractivity contribution is 5.95. The zero-order chi connectivity index (χ0) is 13.6. The summed E-state index contributed by atoms with van der Waals surface area (Å²) >= 11 is 0. The molecule has 2 fully saturated rings. The fourth-order valence-corrected chi connectivity index (χ4v) is 3.31. The van der Waals surface area contributed by atoms with Gasteiger partial charge in [-0.3, -0.25) is 4.79 Å². The summed E-state index contributed by atoms with van der Waals surface area (Å²) in [6.45, 7) is 0. The molecule has 1 amide bonds. The van der Waals surface area contributed by atoms with E-state index in [4.69, 9.17) is 5.73 Å². The predicted octanol–water partition coefficient (Wildman–Crippen LogP) is 1.54. The first-order valence-corrected chi connectivity index (χ1v) is 6.62. The highest BCUT2D eigenvalue weighted by Crippen LogP contribution is 2.36. The van der Waals surface area contributed by atoms with Crippen molar-refractivity contribution in [1.29, 1.82) is 0 Å². The van der Waals surface area contributed by atoms with Gasteiger partial charge in [0.1, 0.15) is 5.82 Å². The van der Waals surface area contributed by atoms with Crippen molar-refractivity contribution < 1.29 is 14.3 Å². The molecule has 3 rings (SSSR count). The largest absolute Gasteiger partial charge is 0.396 e. The first-order valence-electron chi connectivity index (χ1n) is 6.62. The van der Waals surface area contributed by atoms with Gasteiger partial charge >= 0.3 is 0 Å². The summed E-state index contributed by atoms with van der Waals surface area (Å²) < 4.78 is 13.1. The number of halogens is 1. The maximum Gasteiger partial charge on any atom is 0.254 e. The van der Waals surface area contributed by atoms with Gasteiger partial charge < -0.3 is 15.7 Å². The lowest BCUT2D eigenvalue weighted by Crippen LogP contribution is -2.48. The lowest BCUT2D eigenvalue weighted by molar-refractivity contribution is 0.0287. The van der Waals surface area contributed by atoms with E-state index in [1.165, 1.54) is 18.2 Å². The van der Waals surface area contributed by atoms with E-state index in [9.17, 15) is 14.3 Å². The van der Waals surface area contributed by atoms with Crippen LogP contribution in [0.2, 0.25) is 0 Å². The van der Waals surface area contributed by atoms with Crippen LogP contribution in [0.4, 0.5) is 10.1 Å². The molecule has 2 aliphatic rings. The molecule has 2 atom stereocenters. The molecule has 4 nitrogen and oxygen atoms in total. The summed E-state index contributed by atoms with van der Waals surface area (Å²) in [6.07, 6.45) is 2.84. The number of benzene rings is 1. The van der Waals surface area contributed by atoms with Gasteiger partial charge in [0.15, 0.2) is 0 Å². The molecule has 0 radical (unpaired) electrons. The van der Waals surface area contributed by atoms with E-state index < -0.39 is 5.82 Å². The Labute approximate surface area is 111 Å². The van der Waals surface area contributed by atoms with Crippen LogP contribution in [0.25, 0.3) is 0 Å². The van der Waals surface area contributed by atoms with Crippen molar-refractivity contribution in [2.75, 3.05) is 5.73 Å². The minimum atomic E-state index is -0.506. The second-order valence-corrected chi connectivity index (χ2v) is 5.46. The molecule has 5 heteroatoms. The van der Waals surface area contributed by atoms with Gasteiger partial charge in [0.05, 0.1) is 11.8 Å². The van der Waals surface area contributed by atoms with Crippen molar-refractivity contribution in [2.45, 2.75) is 43.9 Å². The van der Waals surface area contributed by atoms with Gasteiger partial charge in [0.25, 0.3) is 5.91 Å². The van der Waals surface area contributed by atoms with Crippen molar-refractivity contribution in [2.24, 2.45) is 0 Å².